The van der Waals surface area contributed by atoms with Crippen molar-refractivity contribution in [2.24, 2.45) is 0 Å². The van der Waals surface area contributed by atoms with Crippen molar-refractivity contribution in [2.45, 2.75) is 111 Å². The molecule has 2 atom stereocenters. The molecule has 3 amide bonds. The van der Waals surface area contributed by atoms with Gasteiger partial charge in [0.25, 0.3) is 0 Å². The number of ether oxygens (including phenoxy) is 1. The first kappa shape index (κ1) is 31.9. The Kier molecular flexibility index (Phi) is 10.7. The second-order valence-corrected chi connectivity index (χ2v) is 12.2. The number of carbonyl (C=O) groups is 3. The van der Waals surface area contributed by atoms with Crippen LogP contribution in [0.5, 0.6) is 0 Å². The third-order valence-electron chi connectivity index (χ3n) is 6.81. The van der Waals surface area contributed by atoms with Crippen molar-refractivity contribution < 1.29 is 19.1 Å². The number of alkyl carbamates (subject to hydrolysis) is 1. The number of hydrogen-bond donors (Lipinski definition) is 2. The largest absolute Gasteiger partial charge is 0.444 e. The molecular formula is C32H47N3O4. The molecule has 2 aromatic rings. The predicted octanol–water partition coefficient (Wildman–Crippen LogP) is 6.02. The zero-order chi connectivity index (χ0) is 29.5. The molecule has 0 bridgehead atoms. The number of hydrogen-bond acceptors (Lipinski definition) is 4. The summed E-state index contributed by atoms with van der Waals surface area (Å²) in [5.74, 6) is -0.613. The zero-order valence-electron chi connectivity index (χ0n) is 25.3. The summed E-state index contributed by atoms with van der Waals surface area (Å²) < 4.78 is 5.52. The van der Waals surface area contributed by atoms with Crippen molar-refractivity contribution in [3.05, 3.63) is 70.8 Å². The van der Waals surface area contributed by atoms with Crippen LogP contribution in [0, 0.1) is 13.8 Å². The van der Waals surface area contributed by atoms with Gasteiger partial charge in [-0.1, -0.05) is 55.5 Å². The van der Waals surface area contributed by atoms with E-state index in [0.717, 1.165) is 22.3 Å². The Morgan fingerprint density at radius 3 is 2.03 bits per heavy atom. The smallest absolute Gasteiger partial charge is 0.408 e. The van der Waals surface area contributed by atoms with Gasteiger partial charge in [-0.25, -0.2) is 4.79 Å². The summed E-state index contributed by atoms with van der Waals surface area (Å²) in [7, 11) is 0. The monoisotopic (exact) mass is 537 g/mol. The first-order valence-corrected chi connectivity index (χ1v) is 13.8. The molecule has 0 aromatic heterocycles. The standard InChI is InChI=1S/C32H47N3O4/c1-11-32(9,10)35(27(28(36)33-21(2)3)25-18-17-22(4)23(5)19-25)29(37)26(20-24-15-13-12-14-16-24)34-30(38)39-31(6,7)8/h12-19,21,26-27H,11,20H2,1-10H3,(H,33,36)(H,34,38). The van der Waals surface area contributed by atoms with Crippen LogP contribution in [0.25, 0.3) is 0 Å². The summed E-state index contributed by atoms with van der Waals surface area (Å²) in [5.41, 5.74) is 2.30. The van der Waals surface area contributed by atoms with E-state index in [0.29, 0.717) is 6.42 Å². The van der Waals surface area contributed by atoms with E-state index in [-0.39, 0.29) is 24.3 Å². The Balaban J connectivity index is 2.68. The molecule has 214 valence electrons. The Morgan fingerprint density at radius 2 is 1.51 bits per heavy atom. The quantitative estimate of drug-likeness (QED) is 0.388. The summed E-state index contributed by atoms with van der Waals surface area (Å²) in [6.45, 7) is 19.0. The number of benzene rings is 2. The summed E-state index contributed by atoms with van der Waals surface area (Å²) in [4.78, 5) is 43.0. The number of amides is 3. The molecule has 0 aliphatic rings. The molecule has 2 N–H and O–H groups in total. The van der Waals surface area contributed by atoms with Crippen LogP contribution in [0.2, 0.25) is 0 Å². The predicted molar refractivity (Wildman–Crippen MR) is 156 cm³/mol. The Bertz CT molecular complexity index is 1140. The minimum absolute atomic E-state index is 0.117. The van der Waals surface area contributed by atoms with Gasteiger partial charge in [0, 0.05) is 18.0 Å². The normalized spacial score (nSPS) is 13.4. The molecule has 2 rings (SSSR count). The average Bonchev–Trinajstić information content (AvgIpc) is 2.82. The van der Waals surface area contributed by atoms with Crippen LogP contribution in [0.15, 0.2) is 48.5 Å². The van der Waals surface area contributed by atoms with E-state index < -0.39 is 29.3 Å². The van der Waals surface area contributed by atoms with Crippen LogP contribution in [-0.2, 0) is 20.7 Å². The highest BCUT2D eigenvalue weighted by molar-refractivity contribution is 5.93. The SMILES string of the molecule is CCC(C)(C)N(C(=O)C(Cc1ccccc1)NC(=O)OC(C)(C)C)C(C(=O)NC(C)C)c1ccc(C)c(C)c1. The molecule has 0 radical (unpaired) electrons. The fraction of sp³-hybridized carbons (Fsp3) is 0.531. The van der Waals surface area contributed by atoms with E-state index in [2.05, 4.69) is 10.6 Å². The van der Waals surface area contributed by atoms with Gasteiger partial charge in [-0.15, -0.1) is 0 Å². The maximum Gasteiger partial charge on any atom is 0.408 e. The van der Waals surface area contributed by atoms with E-state index in [1.807, 2.05) is 97.0 Å². The van der Waals surface area contributed by atoms with Gasteiger partial charge in [-0.05, 0) is 91.0 Å². The second kappa shape index (κ2) is 13.1. The van der Waals surface area contributed by atoms with Crippen LogP contribution in [0.3, 0.4) is 0 Å². The zero-order valence-corrected chi connectivity index (χ0v) is 25.3. The van der Waals surface area contributed by atoms with Gasteiger partial charge >= 0.3 is 6.09 Å². The molecule has 0 aliphatic heterocycles. The Hall–Kier alpha value is -3.35. The fourth-order valence-corrected chi connectivity index (χ4v) is 4.33. The number of rotatable bonds is 10. The van der Waals surface area contributed by atoms with Crippen LogP contribution in [0.1, 0.15) is 90.1 Å². The Labute approximate surface area is 234 Å². The van der Waals surface area contributed by atoms with Crippen LogP contribution in [-0.4, -0.2) is 46.0 Å². The lowest BCUT2D eigenvalue weighted by molar-refractivity contribution is -0.149. The van der Waals surface area contributed by atoms with E-state index in [9.17, 15) is 14.4 Å². The molecular weight excluding hydrogens is 490 g/mol. The molecule has 0 heterocycles. The third-order valence-corrected chi connectivity index (χ3v) is 6.81. The summed E-state index contributed by atoms with van der Waals surface area (Å²) in [6, 6.07) is 13.4. The molecule has 7 nitrogen and oxygen atoms in total. The number of nitrogens with one attached hydrogen (secondary N) is 2. The van der Waals surface area contributed by atoms with Gasteiger partial charge < -0.3 is 20.3 Å². The summed E-state index contributed by atoms with van der Waals surface area (Å²) in [6.07, 6.45) is 0.167. The van der Waals surface area contributed by atoms with Crippen molar-refractivity contribution in [2.75, 3.05) is 0 Å². The van der Waals surface area contributed by atoms with E-state index in [4.69, 9.17) is 4.74 Å². The maximum absolute atomic E-state index is 14.6. The van der Waals surface area contributed by atoms with E-state index in [1.54, 1.807) is 25.7 Å². The van der Waals surface area contributed by atoms with Crippen molar-refractivity contribution >= 4 is 17.9 Å². The molecule has 2 aromatic carbocycles. The molecule has 7 heteroatoms. The lowest BCUT2D eigenvalue weighted by atomic mass is 9.90. The molecule has 0 fully saturated rings. The van der Waals surface area contributed by atoms with Crippen molar-refractivity contribution in [3.63, 3.8) is 0 Å². The summed E-state index contributed by atoms with van der Waals surface area (Å²) >= 11 is 0. The van der Waals surface area contributed by atoms with Gasteiger partial charge in [-0.2, -0.15) is 0 Å². The lowest BCUT2D eigenvalue weighted by Crippen LogP contribution is -2.60. The first-order chi connectivity index (χ1) is 18.1. The van der Waals surface area contributed by atoms with Crippen LogP contribution in [0.4, 0.5) is 4.79 Å². The molecule has 0 saturated heterocycles. The highest BCUT2D eigenvalue weighted by Gasteiger charge is 2.43. The van der Waals surface area contributed by atoms with Gasteiger partial charge in [0.1, 0.15) is 17.7 Å². The second-order valence-electron chi connectivity index (χ2n) is 12.2. The van der Waals surface area contributed by atoms with Crippen LogP contribution >= 0.6 is 0 Å². The van der Waals surface area contributed by atoms with Gasteiger partial charge in [0.05, 0.1) is 0 Å². The van der Waals surface area contributed by atoms with Crippen molar-refractivity contribution in [1.29, 1.82) is 0 Å². The van der Waals surface area contributed by atoms with E-state index >= 15 is 0 Å². The van der Waals surface area contributed by atoms with Gasteiger partial charge in [0.2, 0.25) is 11.8 Å². The third kappa shape index (κ3) is 9.12. The minimum atomic E-state index is -0.950. The van der Waals surface area contributed by atoms with Crippen molar-refractivity contribution in [1.82, 2.24) is 15.5 Å². The maximum atomic E-state index is 14.6. The minimum Gasteiger partial charge on any atom is -0.444 e. The topological polar surface area (TPSA) is 87.7 Å². The average molecular weight is 538 g/mol. The highest BCUT2D eigenvalue weighted by Crippen LogP contribution is 2.33. The Morgan fingerprint density at radius 1 is 0.897 bits per heavy atom. The first-order valence-electron chi connectivity index (χ1n) is 13.8. The number of aryl methyl sites for hydroxylation is 2. The van der Waals surface area contributed by atoms with E-state index in [1.165, 1.54) is 0 Å². The van der Waals surface area contributed by atoms with Gasteiger partial charge in [-0.3, -0.25) is 9.59 Å². The van der Waals surface area contributed by atoms with Gasteiger partial charge in [0.15, 0.2) is 0 Å². The molecule has 39 heavy (non-hydrogen) atoms. The number of carbonyl (C=O) groups excluding carboxylic acids is 3. The highest BCUT2D eigenvalue weighted by atomic mass is 16.6. The fourth-order valence-electron chi connectivity index (χ4n) is 4.33. The molecule has 0 spiro atoms. The van der Waals surface area contributed by atoms with Crippen LogP contribution < -0.4 is 10.6 Å². The number of nitrogens with zero attached hydrogens (tertiary/aromatic N) is 1. The lowest BCUT2D eigenvalue weighted by Gasteiger charge is -2.45. The van der Waals surface area contributed by atoms with Crippen molar-refractivity contribution in [3.8, 4) is 0 Å². The summed E-state index contributed by atoms with van der Waals surface area (Å²) in [5, 5.41) is 5.84. The molecule has 2 unspecified atom stereocenters. The molecule has 0 aliphatic carbocycles. The molecule has 0 saturated carbocycles.